The van der Waals surface area contributed by atoms with Crippen molar-refractivity contribution in [3.05, 3.63) is 46.1 Å². The topological polar surface area (TPSA) is 84.6 Å². The van der Waals surface area contributed by atoms with Gasteiger partial charge in [-0.2, -0.15) is 5.26 Å². The summed E-state index contributed by atoms with van der Waals surface area (Å²) in [6.45, 7) is 9.17. The Morgan fingerprint density at radius 3 is 2.22 bits per heavy atom. The Morgan fingerprint density at radius 2 is 1.70 bits per heavy atom. The third-order valence-electron chi connectivity index (χ3n) is 3.55. The molecule has 0 N–H and O–H groups in total. The van der Waals surface area contributed by atoms with Gasteiger partial charge in [0.2, 0.25) is 0 Å². The molecule has 0 aliphatic heterocycles. The van der Waals surface area contributed by atoms with Crippen LogP contribution in [0.3, 0.4) is 0 Å². The van der Waals surface area contributed by atoms with E-state index < -0.39 is 0 Å². The molecule has 0 amide bonds. The van der Waals surface area contributed by atoms with Crippen LogP contribution in [-0.2, 0) is 4.65 Å². The zero-order valence-corrected chi connectivity index (χ0v) is 13.8. The smallest absolute Gasteiger partial charge is 0.374 e. The molecule has 0 aliphatic rings. The highest BCUT2D eigenvalue weighted by Gasteiger charge is 2.20. The van der Waals surface area contributed by atoms with E-state index in [4.69, 9.17) is 12.7 Å². The minimum absolute atomic E-state index is 0.153. The fraction of sp³-hybridized carbons (Fsp3) is 0.312. The highest BCUT2D eigenvalue weighted by atomic mass is 16.4. The number of nitriles is 1. The van der Waals surface area contributed by atoms with Crippen LogP contribution in [-0.4, -0.2) is 28.0 Å². The second-order valence-corrected chi connectivity index (χ2v) is 5.21. The summed E-state index contributed by atoms with van der Waals surface area (Å²) in [6, 6.07) is 2.09. The molecule has 7 heteroatoms. The van der Waals surface area contributed by atoms with Crippen molar-refractivity contribution < 1.29 is 4.65 Å². The van der Waals surface area contributed by atoms with Crippen molar-refractivity contribution in [2.24, 2.45) is 0 Å². The molecule has 23 heavy (non-hydrogen) atoms. The van der Waals surface area contributed by atoms with Crippen LogP contribution in [0.15, 0.2) is 6.20 Å². The van der Waals surface area contributed by atoms with Crippen LogP contribution in [0.5, 0.6) is 0 Å². The van der Waals surface area contributed by atoms with Gasteiger partial charge >= 0.3 is 8.05 Å². The number of aryl methyl sites for hydroxylation is 4. The summed E-state index contributed by atoms with van der Waals surface area (Å²) in [4.78, 5) is 16.9. The molecule has 2 radical (unpaired) electrons. The molecular weight excluding hydrogens is 289 g/mol. The van der Waals surface area contributed by atoms with Crippen LogP contribution in [0.1, 0.15) is 39.9 Å². The molecule has 2 aromatic rings. The van der Waals surface area contributed by atoms with Crippen LogP contribution >= 0.6 is 0 Å². The maximum atomic E-state index is 9.61. The number of rotatable bonds is 3. The standard InChI is InChI=1S/C16H16BN5O/c1-8-7-19-10(3)14(9(8)2)15(23-17)13(6-18)16-21-11(4)20-12(5)22-16/h7H,1-5H3. The summed E-state index contributed by atoms with van der Waals surface area (Å²) in [6.07, 6.45) is 1.77. The Kier molecular flexibility index (Phi) is 4.75. The SMILES string of the molecule is [B]OC(=C(C#N)c1nc(C)nc(C)n1)c1c(C)ncc(C)c1C. The molecule has 0 saturated heterocycles. The van der Waals surface area contributed by atoms with Crippen LogP contribution in [0.2, 0.25) is 0 Å². The Hall–Kier alpha value is -2.75. The maximum Gasteiger partial charge on any atom is 0.374 e. The normalized spacial score (nSPS) is 11.7. The van der Waals surface area contributed by atoms with E-state index in [0.29, 0.717) is 22.9 Å². The van der Waals surface area contributed by atoms with E-state index in [2.05, 4.69) is 26.0 Å². The summed E-state index contributed by atoms with van der Waals surface area (Å²) >= 11 is 0. The monoisotopic (exact) mass is 305 g/mol. The first-order valence-corrected chi connectivity index (χ1v) is 7.03. The molecule has 0 bridgehead atoms. The van der Waals surface area contributed by atoms with Crippen molar-refractivity contribution in [3.8, 4) is 6.07 Å². The van der Waals surface area contributed by atoms with Crippen LogP contribution in [0.4, 0.5) is 0 Å². The van der Waals surface area contributed by atoms with Crippen molar-refractivity contribution in [1.82, 2.24) is 19.9 Å². The second-order valence-electron chi connectivity index (χ2n) is 5.21. The van der Waals surface area contributed by atoms with E-state index in [1.807, 2.05) is 20.8 Å². The predicted octanol–water partition coefficient (Wildman–Crippen LogP) is 2.30. The Balaban J connectivity index is 2.81. The van der Waals surface area contributed by atoms with Gasteiger partial charge in [0, 0.05) is 17.5 Å². The van der Waals surface area contributed by atoms with Gasteiger partial charge in [-0.05, 0) is 45.7 Å². The van der Waals surface area contributed by atoms with Gasteiger partial charge in [-0.15, -0.1) is 0 Å². The third-order valence-corrected chi connectivity index (χ3v) is 3.55. The first-order chi connectivity index (χ1) is 10.9. The number of nitrogens with zero attached hydrogens (tertiary/aromatic N) is 5. The Labute approximate surface area is 136 Å². The first kappa shape index (κ1) is 16.6. The van der Waals surface area contributed by atoms with Crippen LogP contribution < -0.4 is 0 Å². The van der Waals surface area contributed by atoms with Crippen LogP contribution in [0, 0.1) is 45.9 Å². The lowest BCUT2D eigenvalue weighted by atomic mass is 9.99. The third kappa shape index (κ3) is 3.21. The summed E-state index contributed by atoms with van der Waals surface area (Å²) in [5.74, 6) is 1.49. The fourth-order valence-electron chi connectivity index (χ4n) is 2.33. The van der Waals surface area contributed by atoms with E-state index in [-0.39, 0.29) is 17.2 Å². The van der Waals surface area contributed by atoms with E-state index in [0.717, 1.165) is 11.1 Å². The van der Waals surface area contributed by atoms with Gasteiger partial charge in [0.05, 0.1) is 0 Å². The molecule has 0 saturated carbocycles. The molecular formula is C16H16BN5O. The molecule has 0 aromatic carbocycles. The highest BCUT2D eigenvalue weighted by Crippen LogP contribution is 2.30. The number of hydrogen-bond acceptors (Lipinski definition) is 6. The molecule has 0 aliphatic carbocycles. The Morgan fingerprint density at radius 1 is 1.09 bits per heavy atom. The molecule has 2 heterocycles. The molecule has 2 rings (SSSR count). The van der Waals surface area contributed by atoms with E-state index >= 15 is 0 Å². The maximum absolute atomic E-state index is 9.61. The van der Waals surface area contributed by atoms with Crippen molar-refractivity contribution in [2.45, 2.75) is 34.6 Å². The second kappa shape index (κ2) is 6.57. The van der Waals surface area contributed by atoms with Crippen molar-refractivity contribution >= 4 is 19.4 Å². The molecule has 0 atom stereocenters. The minimum Gasteiger partial charge on any atom is -0.566 e. The predicted molar refractivity (Wildman–Crippen MR) is 87.0 cm³/mol. The van der Waals surface area contributed by atoms with Crippen molar-refractivity contribution in [3.63, 3.8) is 0 Å². The summed E-state index contributed by atoms with van der Waals surface area (Å²) in [7, 11) is 5.47. The minimum atomic E-state index is 0.153. The number of hydrogen-bond donors (Lipinski definition) is 0. The van der Waals surface area contributed by atoms with Gasteiger partial charge in [0.15, 0.2) is 5.82 Å². The molecule has 0 spiro atoms. The molecule has 0 fully saturated rings. The zero-order chi connectivity index (χ0) is 17.1. The lowest BCUT2D eigenvalue weighted by Crippen LogP contribution is -2.07. The van der Waals surface area contributed by atoms with Gasteiger partial charge in [-0.25, -0.2) is 15.0 Å². The quantitative estimate of drug-likeness (QED) is 0.491. The largest absolute Gasteiger partial charge is 0.566 e. The average molecular weight is 305 g/mol. The molecule has 114 valence electrons. The van der Waals surface area contributed by atoms with E-state index in [1.165, 1.54) is 0 Å². The number of aromatic nitrogens is 4. The van der Waals surface area contributed by atoms with Crippen molar-refractivity contribution in [2.75, 3.05) is 0 Å². The van der Waals surface area contributed by atoms with Gasteiger partial charge in [-0.1, -0.05) is 0 Å². The van der Waals surface area contributed by atoms with Gasteiger partial charge in [0.25, 0.3) is 0 Å². The Bertz CT molecular complexity index is 819. The highest BCUT2D eigenvalue weighted by molar-refractivity contribution is 6.06. The van der Waals surface area contributed by atoms with Gasteiger partial charge in [0.1, 0.15) is 29.1 Å². The molecule has 0 unspecified atom stereocenters. The lowest BCUT2D eigenvalue weighted by molar-refractivity contribution is 0.572. The fourth-order valence-corrected chi connectivity index (χ4v) is 2.33. The molecule has 2 aromatic heterocycles. The zero-order valence-electron chi connectivity index (χ0n) is 13.8. The summed E-state index contributed by atoms with van der Waals surface area (Å²) < 4.78 is 5.06. The van der Waals surface area contributed by atoms with E-state index in [9.17, 15) is 5.26 Å². The lowest BCUT2D eigenvalue weighted by Gasteiger charge is -2.16. The number of pyridine rings is 1. The van der Waals surface area contributed by atoms with Crippen molar-refractivity contribution in [1.29, 1.82) is 5.26 Å². The summed E-state index contributed by atoms with van der Waals surface area (Å²) in [5, 5.41) is 9.61. The van der Waals surface area contributed by atoms with Gasteiger partial charge < -0.3 is 4.65 Å². The van der Waals surface area contributed by atoms with Crippen LogP contribution in [0.25, 0.3) is 11.3 Å². The summed E-state index contributed by atoms with van der Waals surface area (Å²) in [5.41, 5.74) is 3.46. The first-order valence-electron chi connectivity index (χ1n) is 7.03. The average Bonchev–Trinajstić information content (AvgIpc) is 2.49. The number of allylic oxidation sites excluding steroid dienone is 1. The molecule has 6 nitrogen and oxygen atoms in total. The van der Waals surface area contributed by atoms with E-state index in [1.54, 1.807) is 20.0 Å². The van der Waals surface area contributed by atoms with Gasteiger partial charge in [-0.3, -0.25) is 4.98 Å².